The van der Waals surface area contributed by atoms with Gasteiger partial charge in [0.1, 0.15) is 6.29 Å². The molecule has 1 aliphatic carbocycles. The van der Waals surface area contributed by atoms with Crippen LogP contribution in [0, 0.1) is 0 Å². The molecular weight excluding hydrogens is 300 g/mol. The third-order valence-electron chi connectivity index (χ3n) is 4.82. The molecule has 0 heterocycles. The van der Waals surface area contributed by atoms with Gasteiger partial charge in [-0.1, -0.05) is 66.7 Å². The van der Waals surface area contributed by atoms with Crippen LogP contribution in [0.5, 0.6) is 0 Å². The predicted molar refractivity (Wildman–Crippen MR) is 94.3 cm³/mol. The van der Waals surface area contributed by atoms with Gasteiger partial charge in [0, 0.05) is 14.2 Å². The van der Waals surface area contributed by atoms with E-state index in [-0.39, 0.29) is 5.41 Å². The summed E-state index contributed by atoms with van der Waals surface area (Å²) in [7, 11) is 3.37. The van der Waals surface area contributed by atoms with Crippen molar-refractivity contribution in [1.29, 1.82) is 0 Å². The van der Waals surface area contributed by atoms with Gasteiger partial charge in [-0.2, -0.15) is 0 Å². The minimum Gasteiger partial charge on any atom is -0.383 e. The number of hydrogen-bond acceptors (Lipinski definition) is 3. The molecule has 24 heavy (non-hydrogen) atoms. The Balaban J connectivity index is 2.25. The number of aldehydes is 1. The Morgan fingerprint density at radius 2 is 1.42 bits per heavy atom. The third kappa shape index (κ3) is 2.50. The van der Waals surface area contributed by atoms with Crippen molar-refractivity contribution in [2.75, 3.05) is 27.4 Å². The van der Waals surface area contributed by atoms with E-state index in [1.165, 1.54) is 0 Å². The lowest BCUT2D eigenvalue weighted by molar-refractivity contribution is -0.110. The van der Waals surface area contributed by atoms with E-state index in [2.05, 4.69) is 12.1 Å². The maximum Gasteiger partial charge on any atom is 0.138 e. The minimum absolute atomic E-state index is 0.388. The van der Waals surface area contributed by atoms with E-state index in [9.17, 15) is 4.79 Å². The van der Waals surface area contributed by atoms with Gasteiger partial charge in [-0.05, 0) is 16.7 Å². The van der Waals surface area contributed by atoms with Crippen LogP contribution >= 0.6 is 0 Å². The monoisotopic (exact) mass is 322 g/mol. The summed E-state index contributed by atoms with van der Waals surface area (Å²) in [6.07, 6.45) is 5.10. The molecule has 1 unspecified atom stereocenters. The second kappa shape index (κ2) is 6.71. The van der Waals surface area contributed by atoms with Crippen LogP contribution < -0.4 is 0 Å². The van der Waals surface area contributed by atoms with Gasteiger partial charge < -0.3 is 14.3 Å². The first-order valence-corrected chi connectivity index (χ1v) is 8.02. The molecule has 0 spiro atoms. The molecule has 3 heteroatoms. The van der Waals surface area contributed by atoms with Crippen LogP contribution in [-0.4, -0.2) is 33.7 Å². The average molecular weight is 322 g/mol. The number of allylic oxidation sites excluding steroid dienone is 1. The van der Waals surface area contributed by atoms with Gasteiger partial charge in [0.05, 0.1) is 24.0 Å². The van der Waals surface area contributed by atoms with Crippen LogP contribution in [0.1, 0.15) is 16.7 Å². The van der Waals surface area contributed by atoms with Crippen molar-refractivity contribution in [3.63, 3.8) is 0 Å². The van der Waals surface area contributed by atoms with Crippen molar-refractivity contribution in [1.82, 2.24) is 0 Å². The van der Waals surface area contributed by atoms with Crippen LogP contribution in [0.4, 0.5) is 0 Å². The summed E-state index contributed by atoms with van der Waals surface area (Å²) in [5.74, 6) is 0. The lowest BCUT2D eigenvalue weighted by Crippen LogP contribution is -2.43. The van der Waals surface area contributed by atoms with Gasteiger partial charge in [0.2, 0.25) is 0 Å². The fourth-order valence-electron chi connectivity index (χ4n) is 3.69. The SMILES string of the molecule is COCC1(COC)C=CC(C=O)(c2ccccc2)c2ccccc21. The fourth-order valence-corrected chi connectivity index (χ4v) is 3.69. The molecule has 2 aromatic carbocycles. The van der Waals surface area contributed by atoms with Gasteiger partial charge in [0.15, 0.2) is 0 Å². The lowest BCUT2D eigenvalue weighted by atomic mass is 9.63. The minimum atomic E-state index is -0.775. The lowest BCUT2D eigenvalue weighted by Gasteiger charge is -2.41. The maximum atomic E-state index is 12.3. The second-order valence-electron chi connectivity index (χ2n) is 6.25. The summed E-state index contributed by atoms with van der Waals surface area (Å²) in [5.41, 5.74) is 1.87. The van der Waals surface area contributed by atoms with E-state index in [4.69, 9.17) is 9.47 Å². The summed E-state index contributed by atoms with van der Waals surface area (Å²) >= 11 is 0. The number of fused-ring (bicyclic) bond motifs is 1. The quantitative estimate of drug-likeness (QED) is 0.605. The number of carbonyl (C=O) groups is 1. The molecule has 0 saturated carbocycles. The smallest absolute Gasteiger partial charge is 0.138 e. The standard InChI is InChI=1S/C21H22O3/c1-23-15-20(16-24-2)12-13-21(14-22,17-8-4-3-5-9-17)19-11-7-6-10-18(19)20/h3-14H,15-16H2,1-2H3. The van der Waals surface area contributed by atoms with E-state index in [1.54, 1.807) is 14.2 Å². The Morgan fingerprint density at radius 1 is 0.833 bits per heavy atom. The fraction of sp³-hybridized carbons (Fsp3) is 0.286. The van der Waals surface area contributed by atoms with E-state index in [1.807, 2.05) is 54.6 Å². The Morgan fingerprint density at radius 3 is 2.00 bits per heavy atom. The number of methoxy groups -OCH3 is 2. The zero-order valence-corrected chi connectivity index (χ0v) is 14.1. The van der Waals surface area contributed by atoms with Crippen LogP contribution in [0.25, 0.3) is 0 Å². The molecule has 3 rings (SSSR count). The van der Waals surface area contributed by atoms with Gasteiger partial charge >= 0.3 is 0 Å². The Bertz CT molecular complexity index is 730. The van der Waals surface area contributed by atoms with Crippen LogP contribution in [-0.2, 0) is 25.1 Å². The topological polar surface area (TPSA) is 35.5 Å². The predicted octanol–water partition coefficient (Wildman–Crippen LogP) is 3.27. The normalized spacial score (nSPS) is 21.2. The molecule has 1 atom stereocenters. The maximum absolute atomic E-state index is 12.3. The molecule has 3 nitrogen and oxygen atoms in total. The van der Waals surface area contributed by atoms with Crippen LogP contribution in [0.15, 0.2) is 66.7 Å². The number of hydrogen-bond donors (Lipinski definition) is 0. The zero-order valence-electron chi connectivity index (χ0n) is 14.1. The number of rotatable bonds is 6. The summed E-state index contributed by atoms with van der Waals surface area (Å²) in [5, 5.41) is 0. The summed E-state index contributed by atoms with van der Waals surface area (Å²) < 4.78 is 11.0. The van der Waals surface area contributed by atoms with Crippen LogP contribution in [0.3, 0.4) is 0 Å². The molecule has 124 valence electrons. The molecule has 1 aliphatic rings. The Kier molecular flexibility index (Phi) is 4.65. The molecule has 0 N–H and O–H groups in total. The van der Waals surface area contributed by atoms with Crippen molar-refractivity contribution >= 4 is 6.29 Å². The molecule has 0 aromatic heterocycles. The molecule has 0 saturated heterocycles. The van der Waals surface area contributed by atoms with Gasteiger partial charge in [-0.25, -0.2) is 0 Å². The van der Waals surface area contributed by atoms with E-state index in [0.29, 0.717) is 13.2 Å². The molecule has 0 fully saturated rings. The van der Waals surface area contributed by atoms with Gasteiger partial charge in [0.25, 0.3) is 0 Å². The highest BCUT2D eigenvalue weighted by Crippen LogP contribution is 2.44. The summed E-state index contributed by atoms with van der Waals surface area (Å²) in [6.45, 7) is 0.996. The summed E-state index contributed by atoms with van der Waals surface area (Å²) in [6, 6.07) is 17.9. The van der Waals surface area contributed by atoms with Gasteiger partial charge in [-0.15, -0.1) is 0 Å². The molecule has 0 bridgehead atoms. The average Bonchev–Trinajstić information content (AvgIpc) is 2.64. The molecule has 0 radical (unpaired) electrons. The largest absolute Gasteiger partial charge is 0.383 e. The molecule has 0 aliphatic heterocycles. The van der Waals surface area contributed by atoms with Gasteiger partial charge in [-0.3, -0.25) is 0 Å². The third-order valence-corrected chi connectivity index (χ3v) is 4.82. The molecular formula is C21H22O3. The highest BCUT2D eigenvalue weighted by atomic mass is 16.5. The number of benzene rings is 2. The first-order chi connectivity index (χ1) is 11.7. The van der Waals surface area contributed by atoms with E-state index in [0.717, 1.165) is 23.0 Å². The number of carbonyl (C=O) groups excluding carboxylic acids is 1. The first kappa shape index (κ1) is 16.6. The molecule has 0 amide bonds. The zero-order chi connectivity index (χ0) is 17.0. The summed E-state index contributed by atoms with van der Waals surface area (Å²) in [4.78, 5) is 12.3. The van der Waals surface area contributed by atoms with Crippen molar-refractivity contribution in [2.45, 2.75) is 10.8 Å². The first-order valence-electron chi connectivity index (χ1n) is 8.02. The van der Waals surface area contributed by atoms with Crippen molar-refractivity contribution in [2.24, 2.45) is 0 Å². The van der Waals surface area contributed by atoms with Crippen molar-refractivity contribution < 1.29 is 14.3 Å². The highest BCUT2D eigenvalue weighted by Gasteiger charge is 2.44. The highest BCUT2D eigenvalue weighted by molar-refractivity contribution is 5.81. The Hall–Kier alpha value is -2.23. The van der Waals surface area contributed by atoms with Crippen LogP contribution in [0.2, 0.25) is 0 Å². The number of ether oxygens (including phenoxy) is 2. The van der Waals surface area contributed by atoms with E-state index < -0.39 is 5.41 Å². The second-order valence-corrected chi connectivity index (χ2v) is 6.25. The molecule has 2 aromatic rings. The van der Waals surface area contributed by atoms with Crippen molar-refractivity contribution in [3.8, 4) is 0 Å². The Labute approximate surface area is 142 Å². The van der Waals surface area contributed by atoms with E-state index >= 15 is 0 Å². The van der Waals surface area contributed by atoms with Crippen molar-refractivity contribution in [3.05, 3.63) is 83.4 Å².